The van der Waals surface area contributed by atoms with E-state index in [0.717, 1.165) is 43.3 Å². The molecule has 1 saturated heterocycles. The fourth-order valence-corrected chi connectivity index (χ4v) is 2.37. The second-order valence-electron chi connectivity index (χ2n) is 4.81. The number of hydrogen-bond donors (Lipinski definition) is 0. The van der Waals surface area contributed by atoms with Crippen LogP contribution in [0.15, 0.2) is 15.2 Å². The number of aryl methyl sites for hydroxylation is 2. The Labute approximate surface area is 105 Å². The molecule has 1 aliphatic heterocycles. The number of likely N-dealkylation sites (tertiary alicyclic amines) is 1. The third-order valence-corrected chi connectivity index (χ3v) is 3.41. The van der Waals surface area contributed by atoms with Gasteiger partial charge in [0.2, 0.25) is 5.89 Å². The summed E-state index contributed by atoms with van der Waals surface area (Å²) in [6, 6.07) is 0. The Kier molecular flexibility index (Phi) is 2.87. The van der Waals surface area contributed by atoms with E-state index in [4.69, 9.17) is 9.05 Å². The highest BCUT2D eigenvalue weighted by Gasteiger charge is 2.28. The van der Waals surface area contributed by atoms with Crippen LogP contribution in [-0.4, -0.2) is 33.3 Å². The van der Waals surface area contributed by atoms with E-state index in [2.05, 4.69) is 20.2 Å². The molecule has 6 nitrogen and oxygen atoms in total. The molecule has 0 spiro atoms. The van der Waals surface area contributed by atoms with Crippen molar-refractivity contribution < 1.29 is 9.05 Å². The monoisotopic (exact) mass is 248 g/mol. The molecule has 3 rings (SSSR count). The molecule has 1 aliphatic rings. The van der Waals surface area contributed by atoms with Crippen molar-refractivity contribution in [1.82, 2.24) is 20.2 Å². The predicted molar refractivity (Wildman–Crippen MR) is 62.9 cm³/mol. The number of aromatic nitrogens is 3. The van der Waals surface area contributed by atoms with Gasteiger partial charge in [0.05, 0.1) is 12.1 Å². The molecule has 0 aromatic carbocycles. The summed E-state index contributed by atoms with van der Waals surface area (Å²) in [6.07, 6.45) is 2.85. The largest absolute Gasteiger partial charge is 0.361 e. The Morgan fingerprint density at radius 2 is 2.28 bits per heavy atom. The number of hydrogen-bond acceptors (Lipinski definition) is 6. The Morgan fingerprint density at radius 1 is 1.39 bits per heavy atom. The van der Waals surface area contributed by atoms with Crippen LogP contribution in [0.25, 0.3) is 0 Å². The van der Waals surface area contributed by atoms with Crippen LogP contribution >= 0.6 is 0 Å². The zero-order valence-corrected chi connectivity index (χ0v) is 10.6. The molecule has 0 aliphatic carbocycles. The first-order valence-electron chi connectivity index (χ1n) is 6.15. The van der Waals surface area contributed by atoms with E-state index in [0.29, 0.717) is 11.7 Å². The van der Waals surface area contributed by atoms with Gasteiger partial charge in [0.25, 0.3) is 0 Å². The first kappa shape index (κ1) is 11.4. The first-order chi connectivity index (χ1) is 8.72. The van der Waals surface area contributed by atoms with Gasteiger partial charge in [-0.3, -0.25) is 4.90 Å². The molecule has 3 heterocycles. The minimum atomic E-state index is 0.353. The van der Waals surface area contributed by atoms with Crippen molar-refractivity contribution in [1.29, 1.82) is 0 Å². The topological polar surface area (TPSA) is 68.2 Å². The van der Waals surface area contributed by atoms with Gasteiger partial charge in [-0.25, -0.2) is 0 Å². The van der Waals surface area contributed by atoms with Crippen molar-refractivity contribution in [2.45, 2.75) is 32.7 Å². The van der Waals surface area contributed by atoms with Crippen molar-refractivity contribution in [2.24, 2.45) is 0 Å². The molecular weight excluding hydrogens is 232 g/mol. The second kappa shape index (κ2) is 4.53. The summed E-state index contributed by atoms with van der Waals surface area (Å²) >= 11 is 0. The summed E-state index contributed by atoms with van der Waals surface area (Å²) in [5.74, 6) is 2.72. The van der Waals surface area contributed by atoms with E-state index in [1.165, 1.54) is 0 Å². The van der Waals surface area contributed by atoms with E-state index in [9.17, 15) is 0 Å². The normalized spacial score (nSPS) is 20.7. The van der Waals surface area contributed by atoms with Crippen molar-refractivity contribution in [3.8, 4) is 0 Å². The lowest BCUT2D eigenvalue weighted by atomic mass is 10.1. The lowest BCUT2D eigenvalue weighted by Crippen LogP contribution is -2.19. The summed E-state index contributed by atoms with van der Waals surface area (Å²) in [5.41, 5.74) is 1.15. The van der Waals surface area contributed by atoms with Crippen LogP contribution in [0.5, 0.6) is 0 Å². The van der Waals surface area contributed by atoms with E-state index in [1.807, 2.05) is 13.8 Å². The maximum absolute atomic E-state index is 5.24. The van der Waals surface area contributed by atoms with Crippen LogP contribution in [0.1, 0.15) is 35.4 Å². The first-order valence-corrected chi connectivity index (χ1v) is 6.15. The standard InChI is InChI=1S/C12H16N4O2/c1-8-11(5-13-17-8)7-16-4-3-10(6-16)12-14-9(2)15-18-12/h5,10H,3-4,6-7H2,1-2H3/t10-/m0/s1. The molecule has 1 atom stereocenters. The molecule has 0 unspecified atom stereocenters. The molecule has 0 amide bonds. The van der Waals surface area contributed by atoms with Gasteiger partial charge in [0.15, 0.2) is 5.82 Å². The van der Waals surface area contributed by atoms with Crippen molar-refractivity contribution >= 4 is 0 Å². The molecule has 0 N–H and O–H groups in total. The van der Waals surface area contributed by atoms with Gasteiger partial charge in [-0.1, -0.05) is 10.3 Å². The molecule has 2 aromatic heterocycles. The van der Waals surface area contributed by atoms with Crippen LogP contribution in [0, 0.1) is 13.8 Å². The summed E-state index contributed by atoms with van der Waals surface area (Å²) in [5, 5.41) is 7.65. The Morgan fingerprint density at radius 3 is 2.94 bits per heavy atom. The Hall–Kier alpha value is -1.69. The smallest absolute Gasteiger partial charge is 0.231 e. The van der Waals surface area contributed by atoms with Gasteiger partial charge >= 0.3 is 0 Å². The lowest BCUT2D eigenvalue weighted by Gasteiger charge is -2.13. The Bertz CT molecular complexity index is 534. The zero-order valence-electron chi connectivity index (χ0n) is 10.6. The average Bonchev–Trinajstić information content (AvgIpc) is 3.03. The van der Waals surface area contributed by atoms with Gasteiger partial charge in [-0.2, -0.15) is 4.98 Å². The highest BCUT2D eigenvalue weighted by Crippen LogP contribution is 2.27. The molecule has 1 fully saturated rings. The van der Waals surface area contributed by atoms with E-state index in [1.54, 1.807) is 6.20 Å². The molecule has 0 bridgehead atoms. The van der Waals surface area contributed by atoms with Crippen molar-refractivity contribution in [3.63, 3.8) is 0 Å². The third-order valence-electron chi connectivity index (χ3n) is 3.41. The molecule has 2 aromatic rings. The lowest BCUT2D eigenvalue weighted by molar-refractivity contribution is 0.306. The third kappa shape index (κ3) is 2.15. The van der Waals surface area contributed by atoms with Gasteiger partial charge < -0.3 is 9.05 Å². The minimum Gasteiger partial charge on any atom is -0.361 e. The summed E-state index contributed by atoms with van der Waals surface area (Å²) in [4.78, 5) is 6.67. The van der Waals surface area contributed by atoms with Crippen LogP contribution in [0.2, 0.25) is 0 Å². The fraction of sp³-hybridized carbons (Fsp3) is 0.583. The summed E-state index contributed by atoms with van der Waals surface area (Å²) < 4.78 is 10.3. The van der Waals surface area contributed by atoms with Crippen molar-refractivity contribution in [3.05, 3.63) is 29.2 Å². The zero-order chi connectivity index (χ0) is 12.5. The van der Waals surface area contributed by atoms with Crippen LogP contribution in [0.3, 0.4) is 0 Å². The van der Waals surface area contributed by atoms with E-state index < -0.39 is 0 Å². The summed E-state index contributed by atoms with van der Waals surface area (Å²) in [6.45, 7) is 6.65. The summed E-state index contributed by atoms with van der Waals surface area (Å²) in [7, 11) is 0. The number of nitrogens with zero attached hydrogens (tertiary/aromatic N) is 4. The number of rotatable bonds is 3. The van der Waals surface area contributed by atoms with Crippen LogP contribution < -0.4 is 0 Å². The van der Waals surface area contributed by atoms with Gasteiger partial charge in [-0.15, -0.1) is 0 Å². The van der Waals surface area contributed by atoms with Gasteiger partial charge in [-0.05, 0) is 26.8 Å². The molecule has 6 heteroatoms. The predicted octanol–water partition coefficient (Wildman–Crippen LogP) is 1.66. The SMILES string of the molecule is Cc1noc([C@H]2CCN(Cc3cnoc3C)C2)n1. The maximum atomic E-state index is 5.24. The fourth-order valence-electron chi connectivity index (χ4n) is 2.37. The van der Waals surface area contributed by atoms with Crippen LogP contribution in [-0.2, 0) is 6.54 Å². The molecule has 0 radical (unpaired) electrons. The molecular formula is C12H16N4O2. The van der Waals surface area contributed by atoms with E-state index in [-0.39, 0.29) is 0 Å². The van der Waals surface area contributed by atoms with Gasteiger partial charge in [0.1, 0.15) is 5.76 Å². The van der Waals surface area contributed by atoms with Crippen molar-refractivity contribution in [2.75, 3.05) is 13.1 Å². The van der Waals surface area contributed by atoms with E-state index >= 15 is 0 Å². The minimum absolute atomic E-state index is 0.353. The second-order valence-corrected chi connectivity index (χ2v) is 4.81. The van der Waals surface area contributed by atoms with Crippen LogP contribution in [0.4, 0.5) is 0 Å². The highest BCUT2D eigenvalue weighted by atomic mass is 16.5. The average molecular weight is 248 g/mol. The quantitative estimate of drug-likeness (QED) is 0.823. The van der Waals surface area contributed by atoms with Gasteiger partial charge in [0, 0.05) is 18.7 Å². The molecule has 0 saturated carbocycles. The highest BCUT2D eigenvalue weighted by molar-refractivity contribution is 5.12. The molecule has 18 heavy (non-hydrogen) atoms. The maximum Gasteiger partial charge on any atom is 0.231 e. The Balaban J connectivity index is 1.63. The molecule has 96 valence electrons.